The molecule has 1 aromatic carbocycles. The second kappa shape index (κ2) is 9.18. The molecule has 5 heteroatoms. The molecular formula is C22H32N4S. The van der Waals surface area contributed by atoms with Crippen LogP contribution in [-0.4, -0.2) is 60.6 Å². The zero-order chi connectivity index (χ0) is 18.5. The largest absolute Gasteiger partial charge is 0.348 e. The molecule has 4 nitrogen and oxygen atoms in total. The summed E-state index contributed by atoms with van der Waals surface area (Å²) in [6, 6.07) is 11.5. The Hall–Kier alpha value is -1.43. The Bertz CT molecular complexity index is 695. The van der Waals surface area contributed by atoms with Gasteiger partial charge in [0.15, 0.2) is 5.13 Å². The van der Waals surface area contributed by atoms with Crippen molar-refractivity contribution >= 4 is 16.5 Å². The molecule has 2 aromatic rings. The van der Waals surface area contributed by atoms with Gasteiger partial charge in [-0.3, -0.25) is 4.90 Å². The zero-order valence-electron chi connectivity index (χ0n) is 16.5. The van der Waals surface area contributed by atoms with E-state index < -0.39 is 0 Å². The van der Waals surface area contributed by atoms with Crippen LogP contribution in [0.4, 0.5) is 5.13 Å². The second-order valence-corrected chi connectivity index (χ2v) is 9.14. The minimum Gasteiger partial charge on any atom is -0.348 e. The van der Waals surface area contributed by atoms with Gasteiger partial charge in [0.05, 0.1) is 0 Å². The molecule has 0 spiro atoms. The molecule has 0 saturated carbocycles. The third-order valence-electron chi connectivity index (χ3n) is 6.00. The first kappa shape index (κ1) is 18.9. The van der Waals surface area contributed by atoms with Gasteiger partial charge in [-0.15, -0.1) is 11.3 Å². The molecular weight excluding hydrogens is 352 g/mol. The molecule has 3 heterocycles. The molecule has 0 amide bonds. The Morgan fingerprint density at radius 2 is 1.93 bits per heavy atom. The van der Waals surface area contributed by atoms with Crippen LogP contribution < -0.4 is 4.90 Å². The van der Waals surface area contributed by atoms with Crippen LogP contribution in [0.15, 0.2) is 36.5 Å². The minimum absolute atomic E-state index is 0.674. The van der Waals surface area contributed by atoms with Crippen molar-refractivity contribution in [1.82, 2.24) is 14.8 Å². The van der Waals surface area contributed by atoms with E-state index in [1.165, 1.54) is 67.4 Å². The molecule has 0 N–H and O–H groups in total. The molecule has 1 aromatic heterocycles. The standard InChI is InChI=1S/C22H32N4S/c1-24(15-11-19-8-3-2-4-9-19)20-10-7-12-25(17-20)18-21-16-23-22(27-21)26-13-5-6-14-26/h2-4,8-9,16,20H,5-7,10-15,17-18H2,1H3. The summed E-state index contributed by atoms with van der Waals surface area (Å²) in [6.45, 7) is 6.98. The molecule has 2 fully saturated rings. The van der Waals surface area contributed by atoms with Gasteiger partial charge in [0.2, 0.25) is 0 Å². The molecule has 0 bridgehead atoms. The van der Waals surface area contributed by atoms with Gasteiger partial charge >= 0.3 is 0 Å². The van der Waals surface area contributed by atoms with Crippen molar-refractivity contribution in [2.24, 2.45) is 0 Å². The second-order valence-electron chi connectivity index (χ2n) is 8.05. The zero-order valence-corrected chi connectivity index (χ0v) is 17.3. The first-order valence-corrected chi connectivity index (χ1v) is 11.3. The summed E-state index contributed by atoms with van der Waals surface area (Å²) in [6.07, 6.45) is 8.51. The highest BCUT2D eigenvalue weighted by Gasteiger charge is 2.24. The third kappa shape index (κ3) is 5.09. The van der Waals surface area contributed by atoms with Crippen molar-refractivity contribution in [3.05, 3.63) is 47.0 Å². The lowest BCUT2D eigenvalue weighted by Gasteiger charge is -2.37. The Labute approximate surface area is 167 Å². The van der Waals surface area contributed by atoms with Crippen LogP contribution in [0.1, 0.15) is 36.1 Å². The van der Waals surface area contributed by atoms with Crippen LogP contribution >= 0.6 is 11.3 Å². The number of piperidine rings is 1. The third-order valence-corrected chi connectivity index (χ3v) is 7.04. The number of aromatic nitrogens is 1. The maximum Gasteiger partial charge on any atom is 0.185 e. The van der Waals surface area contributed by atoms with E-state index in [-0.39, 0.29) is 0 Å². The highest BCUT2D eigenvalue weighted by molar-refractivity contribution is 7.15. The van der Waals surface area contributed by atoms with Crippen molar-refractivity contribution < 1.29 is 0 Å². The summed E-state index contributed by atoms with van der Waals surface area (Å²) >= 11 is 1.90. The normalized spacial score (nSPS) is 21.3. The highest BCUT2D eigenvalue weighted by Crippen LogP contribution is 2.27. The van der Waals surface area contributed by atoms with E-state index in [1.54, 1.807) is 0 Å². The predicted molar refractivity (Wildman–Crippen MR) is 115 cm³/mol. The molecule has 0 radical (unpaired) electrons. The lowest BCUT2D eigenvalue weighted by Crippen LogP contribution is -2.46. The Balaban J connectivity index is 1.27. The van der Waals surface area contributed by atoms with E-state index in [0.29, 0.717) is 6.04 Å². The minimum atomic E-state index is 0.674. The van der Waals surface area contributed by atoms with E-state index in [0.717, 1.165) is 19.5 Å². The van der Waals surface area contributed by atoms with Crippen molar-refractivity contribution in [1.29, 1.82) is 0 Å². The van der Waals surface area contributed by atoms with Crippen LogP contribution in [0, 0.1) is 0 Å². The molecule has 2 aliphatic heterocycles. The van der Waals surface area contributed by atoms with Crippen LogP contribution in [-0.2, 0) is 13.0 Å². The predicted octanol–water partition coefficient (Wildman–Crippen LogP) is 3.88. The molecule has 1 unspecified atom stereocenters. The van der Waals surface area contributed by atoms with E-state index >= 15 is 0 Å². The van der Waals surface area contributed by atoms with Crippen molar-refractivity contribution in [2.45, 2.75) is 44.7 Å². The lowest BCUT2D eigenvalue weighted by atomic mass is 10.0. The maximum absolute atomic E-state index is 4.69. The smallest absolute Gasteiger partial charge is 0.185 e. The van der Waals surface area contributed by atoms with Crippen LogP contribution in [0.5, 0.6) is 0 Å². The molecule has 146 valence electrons. The van der Waals surface area contributed by atoms with E-state index in [9.17, 15) is 0 Å². The van der Waals surface area contributed by atoms with Crippen LogP contribution in [0.3, 0.4) is 0 Å². The fourth-order valence-electron chi connectivity index (χ4n) is 4.31. The van der Waals surface area contributed by atoms with E-state index in [1.807, 2.05) is 11.3 Å². The topological polar surface area (TPSA) is 22.6 Å². The van der Waals surface area contributed by atoms with Crippen molar-refractivity contribution in [3.63, 3.8) is 0 Å². The van der Waals surface area contributed by atoms with E-state index in [4.69, 9.17) is 0 Å². The first-order chi connectivity index (χ1) is 13.3. The van der Waals surface area contributed by atoms with Gasteiger partial charge in [0.1, 0.15) is 0 Å². The molecule has 2 aliphatic rings. The lowest BCUT2D eigenvalue weighted by molar-refractivity contribution is 0.113. The number of benzene rings is 1. The van der Waals surface area contributed by atoms with Gasteiger partial charge in [-0.25, -0.2) is 4.98 Å². The number of anilines is 1. The summed E-state index contributed by atoms with van der Waals surface area (Å²) in [4.78, 5) is 13.8. The quantitative estimate of drug-likeness (QED) is 0.722. The van der Waals surface area contributed by atoms with Crippen molar-refractivity contribution in [2.75, 3.05) is 44.7 Å². The molecule has 1 atom stereocenters. The van der Waals surface area contributed by atoms with Crippen molar-refractivity contribution in [3.8, 4) is 0 Å². The average Bonchev–Trinajstić information content (AvgIpc) is 3.39. The molecule has 4 rings (SSSR count). The number of hydrogen-bond acceptors (Lipinski definition) is 5. The Kier molecular flexibility index (Phi) is 6.43. The van der Waals surface area contributed by atoms with E-state index in [2.05, 4.69) is 63.3 Å². The molecule has 27 heavy (non-hydrogen) atoms. The van der Waals surface area contributed by atoms with Gasteiger partial charge in [-0.2, -0.15) is 0 Å². The van der Waals surface area contributed by atoms with Gasteiger partial charge in [-0.05, 0) is 51.3 Å². The highest BCUT2D eigenvalue weighted by atomic mass is 32.1. The van der Waals surface area contributed by atoms with Gasteiger partial charge in [-0.1, -0.05) is 30.3 Å². The summed E-state index contributed by atoms with van der Waals surface area (Å²) in [5.41, 5.74) is 1.44. The van der Waals surface area contributed by atoms with Crippen LogP contribution in [0.2, 0.25) is 0 Å². The average molecular weight is 385 g/mol. The Morgan fingerprint density at radius 1 is 1.11 bits per heavy atom. The summed E-state index contributed by atoms with van der Waals surface area (Å²) in [5.74, 6) is 0. The number of thiazole rings is 1. The number of hydrogen-bond donors (Lipinski definition) is 0. The summed E-state index contributed by atoms with van der Waals surface area (Å²) in [5, 5.41) is 1.23. The SMILES string of the molecule is CN(CCc1ccccc1)C1CCCN(Cc2cnc(N3CCCC3)s2)C1. The number of likely N-dealkylation sites (N-methyl/N-ethyl adjacent to an activating group) is 1. The fourth-order valence-corrected chi connectivity index (χ4v) is 5.32. The molecule has 2 saturated heterocycles. The van der Waals surface area contributed by atoms with Crippen LogP contribution in [0.25, 0.3) is 0 Å². The number of nitrogens with zero attached hydrogens (tertiary/aromatic N) is 4. The van der Waals surface area contributed by atoms with Gasteiger partial charge in [0, 0.05) is 49.8 Å². The summed E-state index contributed by atoms with van der Waals surface area (Å²) < 4.78 is 0. The Morgan fingerprint density at radius 3 is 2.74 bits per heavy atom. The first-order valence-electron chi connectivity index (χ1n) is 10.4. The van der Waals surface area contributed by atoms with Gasteiger partial charge < -0.3 is 9.80 Å². The maximum atomic E-state index is 4.69. The summed E-state index contributed by atoms with van der Waals surface area (Å²) in [7, 11) is 2.30. The molecule has 0 aliphatic carbocycles. The monoisotopic (exact) mass is 384 g/mol. The number of rotatable bonds is 7. The van der Waals surface area contributed by atoms with Gasteiger partial charge in [0.25, 0.3) is 0 Å². The number of likely N-dealkylation sites (tertiary alicyclic amines) is 1. The fraction of sp³-hybridized carbons (Fsp3) is 0.591.